The summed E-state index contributed by atoms with van der Waals surface area (Å²) in [5.74, 6) is 0.367. The lowest BCUT2D eigenvalue weighted by Crippen LogP contribution is -2.11. The van der Waals surface area contributed by atoms with Gasteiger partial charge in [0.2, 0.25) is 0 Å². The van der Waals surface area contributed by atoms with Gasteiger partial charge in [0.1, 0.15) is 0 Å². The molecule has 0 saturated heterocycles. The lowest BCUT2D eigenvalue weighted by Gasteiger charge is -2.19. The summed E-state index contributed by atoms with van der Waals surface area (Å²) >= 11 is 0. The lowest BCUT2D eigenvalue weighted by molar-refractivity contribution is 1.01. The van der Waals surface area contributed by atoms with Crippen molar-refractivity contribution in [2.45, 2.75) is 11.8 Å². The Morgan fingerprint density at radius 2 is 0.648 bits per heavy atom. The van der Waals surface area contributed by atoms with Crippen molar-refractivity contribution in [1.82, 2.24) is 9.97 Å². The van der Waals surface area contributed by atoms with E-state index in [9.17, 15) is 0 Å². The van der Waals surface area contributed by atoms with Gasteiger partial charge in [0.05, 0.1) is 22.8 Å². The normalized spacial score (nSPS) is 14.0. The molecule has 11 rings (SSSR count). The van der Waals surface area contributed by atoms with E-state index in [0.29, 0.717) is 0 Å². The average Bonchev–Trinajstić information content (AvgIpc) is 3.75. The first-order chi connectivity index (χ1) is 26.8. The van der Waals surface area contributed by atoms with Crippen LogP contribution in [0, 0.1) is 0 Å². The van der Waals surface area contributed by atoms with Crippen LogP contribution >= 0.6 is 0 Å². The van der Waals surface area contributed by atoms with Gasteiger partial charge in [-0.25, -0.2) is 9.98 Å². The fraction of sp³-hybridized carbons (Fsp3) is 0.0400. The fourth-order valence-corrected chi connectivity index (χ4v) is 8.83. The van der Waals surface area contributed by atoms with Crippen LogP contribution in [0.1, 0.15) is 67.5 Å². The van der Waals surface area contributed by atoms with E-state index in [1.807, 2.05) is 24.5 Å². The van der Waals surface area contributed by atoms with Gasteiger partial charge in [0.25, 0.3) is 0 Å². The third kappa shape index (κ3) is 4.77. The van der Waals surface area contributed by atoms with Crippen molar-refractivity contribution in [3.8, 4) is 22.3 Å². The van der Waals surface area contributed by atoms with Crippen LogP contribution < -0.4 is 0 Å². The first kappa shape index (κ1) is 30.6. The third-order valence-corrected chi connectivity index (χ3v) is 11.3. The highest BCUT2D eigenvalue weighted by Gasteiger charge is 2.31. The second kappa shape index (κ2) is 12.3. The highest BCUT2D eigenvalue weighted by molar-refractivity contribution is 6.22. The minimum atomic E-state index is 0.183. The summed E-state index contributed by atoms with van der Waals surface area (Å²) in [6.07, 6.45) is 7.38. The van der Waals surface area contributed by atoms with Crippen molar-refractivity contribution < 1.29 is 0 Å². The molecule has 252 valence electrons. The Kier molecular flexibility index (Phi) is 6.96. The van der Waals surface area contributed by atoms with E-state index in [1.54, 1.807) is 12.4 Å². The number of aliphatic imine (C=N–C) groups is 2. The summed E-state index contributed by atoms with van der Waals surface area (Å²) in [6.45, 7) is 0. The molecule has 0 unspecified atom stereocenters. The highest BCUT2D eigenvalue weighted by atomic mass is 14.9. The molecule has 2 aliphatic carbocycles. The van der Waals surface area contributed by atoms with Crippen molar-refractivity contribution in [3.63, 3.8) is 0 Å². The molecule has 8 aromatic rings. The van der Waals surface area contributed by atoms with Crippen LogP contribution in [0.15, 0.2) is 192 Å². The first-order valence-corrected chi connectivity index (χ1v) is 18.4. The third-order valence-electron chi connectivity index (χ3n) is 11.3. The van der Waals surface area contributed by atoms with Crippen LogP contribution in [0.5, 0.6) is 0 Å². The lowest BCUT2D eigenvalue weighted by atomic mass is 9.88. The monoisotopic (exact) mass is 688 g/mol. The molecule has 0 radical (unpaired) electrons. The fourth-order valence-electron chi connectivity index (χ4n) is 8.83. The Morgan fingerprint density at radius 1 is 0.315 bits per heavy atom. The van der Waals surface area contributed by atoms with E-state index < -0.39 is 0 Å². The number of benzene rings is 6. The predicted octanol–water partition coefficient (Wildman–Crippen LogP) is 11.4. The number of hydrogen-bond acceptors (Lipinski definition) is 4. The zero-order valence-corrected chi connectivity index (χ0v) is 29.3. The van der Waals surface area contributed by atoms with Gasteiger partial charge in [-0.05, 0) is 67.8 Å². The van der Waals surface area contributed by atoms with Crippen LogP contribution in [-0.4, -0.2) is 21.4 Å². The molecule has 0 spiro atoms. The number of hydrogen-bond donors (Lipinski definition) is 0. The zero-order valence-electron chi connectivity index (χ0n) is 29.3. The van der Waals surface area contributed by atoms with Gasteiger partial charge in [0, 0.05) is 58.9 Å². The summed E-state index contributed by atoms with van der Waals surface area (Å²) in [6, 6.07) is 56.8. The maximum atomic E-state index is 5.37. The van der Waals surface area contributed by atoms with E-state index in [0.717, 1.165) is 45.1 Å². The van der Waals surface area contributed by atoms with Crippen molar-refractivity contribution in [3.05, 3.63) is 238 Å². The van der Waals surface area contributed by atoms with E-state index in [-0.39, 0.29) is 11.8 Å². The standard InChI is InChI=1S/C50H32N4/c1-5-13-39-35(9-1)36-10-2-6-14-40(36)47(39)31-17-21-33(22-18-31)49-43-29-51-27-25-45(43)54-50(44-30-52-28-26-46(44)53-49)34-23-19-32(20-24-34)48-41-15-7-3-11-37(41)38-12-4-8-16-42(38)48/h1-30,47-48H. The van der Waals surface area contributed by atoms with Gasteiger partial charge >= 0.3 is 0 Å². The molecule has 4 nitrogen and oxygen atoms in total. The Bertz CT molecular complexity index is 2540. The average molecular weight is 689 g/mol. The number of aromatic nitrogens is 2. The molecule has 6 aromatic carbocycles. The molecule has 0 fully saturated rings. The van der Waals surface area contributed by atoms with Gasteiger partial charge in [-0.3, -0.25) is 9.97 Å². The Labute approximate surface area is 314 Å². The van der Waals surface area contributed by atoms with Crippen LogP contribution in [0.2, 0.25) is 0 Å². The van der Waals surface area contributed by atoms with E-state index in [1.165, 1.54) is 55.6 Å². The molecule has 3 heterocycles. The Balaban J connectivity index is 0.984. The summed E-state index contributed by atoms with van der Waals surface area (Å²) in [4.78, 5) is 19.9. The smallest absolute Gasteiger partial charge is 0.0819 e. The van der Waals surface area contributed by atoms with Crippen LogP contribution in [-0.2, 0) is 0 Å². The number of fused-ring (bicyclic) bond motifs is 8. The SMILES string of the molecule is c1ccc2c(c1)-c1ccccc1C2c1ccc(C2=Nc3ccncc3C(c3ccc(C4c5ccccc5-c5ccccc54)cc3)=Nc3ccncc32)cc1. The van der Waals surface area contributed by atoms with Crippen LogP contribution in [0.4, 0.5) is 11.4 Å². The molecule has 4 heteroatoms. The topological polar surface area (TPSA) is 50.5 Å². The van der Waals surface area contributed by atoms with Crippen molar-refractivity contribution in [1.29, 1.82) is 0 Å². The largest absolute Gasteiger partial charge is 0.264 e. The summed E-state index contributed by atoms with van der Waals surface area (Å²) in [7, 11) is 0. The molecule has 0 bridgehead atoms. The van der Waals surface area contributed by atoms with Crippen molar-refractivity contribution in [2.75, 3.05) is 0 Å². The van der Waals surface area contributed by atoms with Crippen LogP contribution in [0.3, 0.4) is 0 Å². The molecule has 3 aliphatic rings. The highest BCUT2D eigenvalue weighted by Crippen LogP contribution is 2.49. The summed E-state index contributed by atoms with van der Waals surface area (Å²) in [5.41, 5.74) is 20.3. The molecular formula is C50H32N4. The maximum absolute atomic E-state index is 5.37. The van der Waals surface area contributed by atoms with E-state index >= 15 is 0 Å². The summed E-state index contributed by atoms with van der Waals surface area (Å²) in [5, 5.41) is 0. The molecule has 54 heavy (non-hydrogen) atoms. The molecule has 1 aliphatic heterocycles. The predicted molar refractivity (Wildman–Crippen MR) is 218 cm³/mol. The molecule has 0 atom stereocenters. The minimum Gasteiger partial charge on any atom is -0.264 e. The Morgan fingerprint density at radius 3 is 1.00 bits per heavy atom. The molecular weight excluding hydrogens is 657 g/mol. The molecule has 2 aromatic heterocycles. The zero-order chi connectivity index (χ0) is 35.6. The number of nitrogens with zero attached hydrogens (tertiary/aromatic N) is 4. The van der Waals surface area contributed by atoms with Gasteiger partial charge in [0.15, 0.2) is 0 Å². The number of rotatable bonds is 4. The molecule has 0 N–H and O–H groups in total. The number of pyridine rings is 2. The quantitative estimate of drug-likeness (QED) is 0.185. The molecule has 0 saturated carbocycles. The van der Waals surface area contributed by atoms with Gasteiger partial charge in [-0.1, -0.05) is 146 Å². The van der Waals surface area contributed by atoms with E-state index in [4.69, 9.17) is 9.98 Å². The van der Waals surface area contributed by atoms with Crippen molar-refractivity contribution >= 4 is 22.8 Å². The maximum Gasteiger partial charge on any atom is 0.0819 e. The summed E-state index contributed by atoms with van der Waals surface area (Å²) < 4.78 is 0. The Hall–Kier alpha value is -7.04. The van der Waals surface area contributed by atoms with Gasteiger partial charge in [-0.2, -0.15) is 0 Å². The van der Waals surface area contributed by atoms with Crippen LogP contribution in [0.25, 0.3) is 22.3 Å². The second-order valence-corrected chi connectivity index (χ2v) is 14.2. The minimum absolute atomic E-state index is 0.183. The van der Waals surface area contributed by atoms with Crippen molar-refractivity contribution in [2.24, 2.45) is 9.98 Å². The van der Waals surface area contributed by atoms with E-state index in [2.05, 4.69) is 156 Å². The second-order valence-electron chi connectivity index (χ2n) is 14.2. The van der Waals surface area contributed by atoms with Gasteiger partial charge < -0.3 is 0 Å². The first-order valence-electron chi connectivity index (χ1n) is 18.4. The molecule has 0 amide bonds. The van der Waals surface area contributed by atoms with Gasteiger partial charge in [-0.15, -0.1) is 0 Å².